The molecule has 4 rings (SSSR count). The van der Waals surface area contributed by atoms with Crippen LogP contribution in [0.3, 0.4) is 0 Å². The Labute approximate surface area is 185 Å². The van der Waals surface area contributed by atoms with Crippen molar-refractivity contribution in [2.24, 2.45) is 0 Å². The molecule has 9 heteroatoms. The summed E-state index contributed by atoms with van der Waals surface area (Å²) in [4.78, 5) is 33.0. The van der Waals surface area contributed by atoms with Crippen LogP contribution in [0.15, 0.2) is 57.3 Å². The van der Waals surface area contributed by atoms with Crippen LogP contribution >= 0.6 is 34.7 Å². The number of hydrogen-bond donors (Lipinski definition) is 2. The van der Waals surface area contributed by atoms with E-state index in [-0.39, 0.29) is 22.5 Å². The van der Waals surface area contributed by atoms with E-state index in [0.717, 1.165) is 11.1 Å². The molecule has 30 heavy (non-hydrogen) atoms. The summed E-state index contributed by atoms with van der Waals surface area (Å²) in [6.45, 7) is 2.33. The number of carbonyl (C=O) groups is 1. The zero-order chi connectivity index (χ0) is 21.1. The second kappa shape index (κ2) is 9.07. The van der Waals surface area contributed by atoms with Crippen molar-refractivity contribution in [1.29, 1.82) is 0 Å². The number of aromatic amines is 1. The molecule has 6 nitrogen and oxygen atoms in total. The number of benzene rings is 1. The maximum Gasteiger partial charge on any atom is 0.260 e. The van der Waals surface area contributed by atoms with Crippen molar-refractivity contribution >= 4 is 50.8 Å². The number of carbonyl (C=O) groups excluding carboxylic acids is 1. The van der Waals surface area contributed by atoms with Crippen molar-refractivity contribution in [3.63, 3.8) is 0 Å². The van der Waals surface area contributed by atoms with Crippen LogP contribution in [0.2, 0.25) is 5.02 Å². The highest BCUT2D eigenvalue weighted by Crippen LogP contribution is 2.32. The van der Waals surface area contributed by atoms with E-state index in [2.05, 4.69) is 15.3 Å². The predicted octanol–water partition coefficient (Wildman–Crippen LogP) is 5.01. The monoisotopic (exact) mass is 459 g/mol. The fourth-order valence-electron chi connectivity index (χ4n) is 2.95. The van der Waals surface area contributed by atoms with Gasteiger partial charge in [-0.1, -0.05) is 23.7 Å². The molecule has 0 spiro atoms. The maximum absolute atomic E-state index is 12.7. The number of halogens is 1. The third-order valence-electron chi connectivity index (χ3n) is 4.48. The quantitative estimate of drug-likeness (QED) is 0.405. The summed E-state index contributed by atoms with van der Waals surface area (Å²) in [6.07, 6.45) is 1.57. The largest absolute Gasteiger partial charge is 0.464 e. The Hall–Kier alpha value is -2.55. The molecule has 0 aliphatic rings. The Kier molecular flexibility index (Phi) is 6.26. The van der Waals surface area contributed by atoms with E-state index >= 15 is 0 Å². The molecule has 1 aromatic carbocycles. The van der Waals surface area contributed by atoms with E-state index in [9.17, 15) is 9.59 Å². The van der Waals surface area contributed by atoms with Gasteiger partial charge in [0.15, 0.2) is 0 Å². The minimum Gasteiger partial charge on any atom is -0.464 e. The van der Waals surface area contributed by atoms with Crippen LogP contribution < -0.4 is 10.9 Å². The number of nitrogens with zero attached hydrogens (tertiary/aromatic N) is 1. The van der Waals surface area contributed by atoms with Crippen LogP contribution in [0.25, 0.3) is 21.5 Å². The summed E-state index contributed by atoms with van der Waals surface area (Å²) in [5.74, 6) is 1.35. The first kappa shape index (κ1) is 20.7. The summed E-state index contributed by atoms with van der Waals surface area (Å²) in [6, 6.07) is 11.0. The average Bonchev–Trinajstić information content (AvgIpc) is 3.40. The third-order valence-corrected chi connectivity index (χ3v) is 6.74. The molecule has 0 aliphatic heterocycles. The van der Waals surface area contributed by atoms with E-state index in [1.807, 2.05) is 36.6 Å². The van der Waals surface area contributed by atoms with Crippen molar-refractivity contribution in [2.45, 2.75) is 18.7 Å². The first-order valence-corrected chi connectivity index (χ1v) is 11.5. The van der Waals surface area contributed by atoms with E-state index in [4.69, 9.17) is 16.0 Å². The van der Waals surface area contributed by atoms with Crippen LogP contribution in [0.4, 0.5) is 0 Å². The molecule has 2 N–H and O–H groups in total. The fourth-order valence-corrected chi connectivity index (χ4v) is 4.87. The second-order valence-corrected chi connectivity index (χ2v) is 9.24. The minimum atomic E-state index is -0.208. The van der Waals surface area contributed by atoms with Crippen LogP contribution in [0, 0.1) is 0 Å². The Morgan fingerprint density at radius 1 is 1.37 bits per heavy atom. The summed E-state index contributed by atoms with van der Waals surface area (Å²) in [5, 5.41) is 5.76. The van der Waals surface area contributed by atoms with Gasteiger partial charge in [-0.3, -0.25) is 9.59 Å². The molecule has 0 fully saturated rings. The molecule has 154 valence electrons. The fraction of sp³-hybridized carbons (Fsp3) is 0.190. The zero-order valence-electron chi connectivity index (χ0n) is 16.0. The SMILES string of the molecule is CC(SCC(=O)NCc1cccc(Cl)c1)c1nc2scc(-c3ccco3)c2c(=O)[nH]1. The highest BCUT2D eigenvalue weighted by atomic mass is 35.5. The number of rotatable bonds is 7. The van der Waals surface area contributed by atoms with Gasteiger partial charge in [0.1, 0.15) is 16.4 Å². The number of furan rings is 1. The number of aromatic nitrogens is 2. The molecule has 1 amide bonds. The first-order valence-electron chi connectivity index (χ1n) is 9.19. The van der Waals surface area contributed by atoms with Gasteiger partial charge in [0, 0.05) is 22.5 Å². The Balaban J connectivity index is 1.40. The van der Waals surface area contributed by atoms with Gasteiger partial charge in [-0.2, -0.15) is 0 Å². The summed E-state index contributed by atoms with van der Waals surface area (Å²) < 4.78 is 5.42. The van der Waals surface area contributed by atoms with E-state index in [0.29, 0.717) is 33.4 Å². The standard InChI is InChI=1S/C21H18ClN3O3S2/c1-12(29-11-17(26)23-9-13-4-2-5-14(22)8-13)19-24-20(27)18-15(10-30-21(18)25-19)16-6-3-7-28-16/h2-8,10,12H,9,11H2,1H3,(H,23,26)(H,24,25,27). The maximum atomic E-state index is 12.7. The van der Waals surface area contributed by atoms with E-state index < -0.39 is 0 Å². The zero-order valence-corrected chi connectivity index (χ0v) is 18.4. The molecule has 3 heterocycles. The lowest BCUT2D eigenvalue weighted by atomic mass is 10.2. The lowest BCUT2D eigenvalue weighted by molar-refractivity contribution is -0.118. The van der Waals surface area contributed by atoms with Crippen LogP contribution in [-0.4, -0.2) is 21.6 Å². The summed E-state index contributed by atoms with van der Waals surface area (Å²) >= 11 is 8.77. The van der Waals surface area contributed by atoms with Crippen molar-refractivity contribution in [2.75, 3.05) is 5.75 Å². The predicted molar refractivity (Wildman–Crippen MR) is 122 cm³/mol. The molecule has 1 atom stereocenters. The van der Waals surface area contributed by atoms with Gasteiger partial charge in [-0.05, 0) is 36.8 Å². The Morgan fingerprint density at radius 3 is 3.00 bits per heavy atom. The molecule has 0 saturated heterocycles. The van der Waals surface area contributed by atoms with Gasteiger partial charge < -0.3 is 14.7 Å². The summed E-state index contributed by atoms with van der Waals surface area (Å²) in [5.41, 5.74) is 1.47. The normalized spacial score (nSPS) is 12.2. The van der Waals surface area contributed by atoms with Gasteiger partial charge in [0.2, 0.25) is 5.91 Å². The van der Waals surface area contributed by atoms with Crippen LogP contribution in [-0.2, 0) is 11.3 Å². The van der Waals surface area contributed by atoms with Gasteiger partial charge in [-0.15, -0.1) is 23.1 Å². The Morgan fingerprint density at radius 2 is 2.23 bits per heavy atom. The van der Waals surface area contributed by atoms with E-state index in [1.54, 1.807) is 18.4 Å². The van der Waals surface area contributed by atoms with Crippen LogP contribution in [0.1, 0.15) is 23.6 Å². The first-order chi connectivity index (χ1) is 14.5. The lowest BCUT2D eigenvalue weighted by Crippen LogP contribution is -2.25. The highest BCUT2D eigenvalue weighted by Gasteiger charge is 2.18. The lowest BCUT2D eigenvalue weighted by Gasteiger charge is -2.11. The van der Waals surface area contributed by atoms with Gasteiger partial charge in [-0.25, -0.2) is 4.98 Å². The molecule has 0 radical (unpaired) electrons. The van der Waals surface area contributed by atoms with Crippen molar-refractivity contribution in [1.82, 2.24) is 15.3 Å². The van der Waals surface area contributed by atoms with Crippen LogP contribution in [0.5, 0.6) is 0 Å². The molecule has 0 saturated carbocycles. The third kappa shape index (κ3) is 4.61. The number of nitrogens with one attached hydrogen (secondary N) is 2. The number of thioether (sulfide) groups is 1. The molecule has 0 bridgehead atoms. The number of thiophene rings is 1. The number of hydrogen-bond acceptors (Lipinski definition) is 6. The molecular formula is C21H18ClN3O3S2. The average molecular weight is 460 g/mol. The molecule has 4 aromatic rings. The van der Waals surface area contributed by atoms with Gasteiger partial charge in [0.05, 0.1) is 22.7 Å². The minimum absolute atomic E-state index is 0.0912. The molecule has 0 aliphatic carbocycles. The topological polar surface area (TPSA) is 88.0 Å². The molecule has 3 aromatic heterocycles. The van der Waals surface area contributed by atoms with Gasteiger partial charge >= 0.3 is 0 Å². The Bertz CT molecular complexity index is 1230. The number of amides is 1. The number of fused-ring (bicyclic) bond motifs is 1. The highest BCUT2D eigenvalue weighted by molar-refractivity contribution is 8.00. The smallest absolute Gasteiger partial charge is 0.260 e. The summed E-state index contributed by atoms with van der Waals surface area (Å²) in [7, 11) is 0. The molecular weight excluding hydrogens is 442 g/mol. The van der Waals surface area contributed by atoms with Gasteiger partial charge in [0.25, 0.3) is 5.56 Å². The van der Waals surface area contributed by atoms with Crippen molar-refractivity contribution in [3.8, 4) is 11.3 Å². The van der Waals surface area contributed by atoms with E-state index in [1.165, 1.54) is 23.1 Å². The number of H-pyrrole nitrogens is 1. The molecule has 1 unspecified atom stereocenters. The second-order valence-electron chi connectivity index (χ2n) is 6.62. The van der Waals surface area contributed by atoms with Crippen molar-refractivity contribution < 1.29 is 9.21 Å². The van der Waals surface area contributed by atoms with Crippen molar-refractivity contribution in [3.05, 3.63) is 74.8 Å².